The summed E-state index contributed by atoms with van der Waals surface area (Å²) in [6.45, 7) is 0.537. The van der Waals surface area contributed by atoms with Gasteiger partial charge in [-0.2, -0.15) is 5.26 Å². The van der Waals surface area contributed by atoms with Crippen molar-refractivity contribution in [1.82, 2.24) is 0 Å². The van der Waals surface area contributed by atoms with Gasteiger partial charge >= 0.3 is 0 Å². The fourth-order valence-corrected chi connectivity index (χ4v) is 2.17. The van der Waals surface area contributed by atoms with Crippen LogP contribution in [0.2, 0.25) is 0 Å². The van der Waals surface area contributed by atoms with Gasteiger partial charge in [-0.05, 0) is 29.8 Å². The van der Waals surface area contributed by atoms with Crippen molar-refractivity contribution >= 4 is 5.69 Å². The van der Waals surface area contributed by atoms with Gasteiger partial charge in [0.15, 0.2) is 11.5 Å². The molecule has 0 saturated carbocycles. The van der Waals surface area contributed by atoms with E-state index in [9.17, 15) is 0 Å². The molecule has 0 atom stereocenters. The molecule has 2 aromatic rings. The normalized spacial score (nSPS) is 9.73. The number of methoxy groups -OCH3 is 3. The molecular weight excluding hydrogens is 280 g/mol. The SMILES string of the molecule is COc1cc(CNc2ccccc2C#N)cc(OC)c1OC. The lowest BCUT2D eigenvalue weighted by atomic mass is 10.1. The monoisotopic (exact) mass is 298 g/mol. The molecule has 2 rings (SSSR count). The molecule has 5 heteroatoms. The molecule has 0 unspecified atom stereocenters. The molecule has 0 fully saturated rings. The lowest BCUT2D eigenvalue weighted by Gasteiger charge is -2.15. The van der Waals surface area contributed by atoms with Crippen molar-refractivity contribution in [3.05, 3.63) is 47.5 Å². The topological polar surface area (TPSA) is 63.5 Å². The number of nitrogens with one attached hydrogen (secondary N) is 1. The van der Waals surface area contributed by atoms with Gasteiger partial charge in [-0.1, -0.05) is 12.1 Å². The van der Waals surface area contributed by atoms with Gasteiger partial charge in [0.2, 0.25) is 5.75 Å². The number of para-hydroxylation sites is 1. The summed E-state index contributed by atoms with van der Waals surface area (Å²) in [5, 5.41) is 12.3. The van der Waals surface area contributed by atoms with Crippen LogP contribution >= 0.6 is 0 Å². The second kappa shape index (κ2) is 7.23. The van der Waals surface area contributed by atoms with Crippen LogP contribution in [0.4, 0.5) is 5.69 Å². The highest BCUT2D eigenvalue weighted by Gasteiger charge is 2.13. The predicted molar refractivity (Wildman–Crippen MR) is 84.6 cm³/mol. The van der Waals surface area contributed by atoms with Crippen molar-refractivity contribution in [3.63, 3.8) is 0 Å². The highest BCUT2D eigenvalue weighted by molar-refractivity contribution is 5.58. The van der Waals surface area contributed by atoms with Gasteiger partial charge < -0.3 is 19.5 Å². The number of rotatable bonds is 6. The van der Waals surface area contributed by atoms with Gasteiger partial charge in [0.05, 0.1) is 32.6 Å². The summed E-state index contributed by atoms with van der Waals surface area (Å²) in [4.78, 5) is 0. The maximum Gasteiger partial charge on any atom is 0.203 e. The van der Waals surface area contributed by atoms with Crippen LogP contribution in [-0.4, -0.2) is 21.3 Å². The summed E-state index contributed by atoms with van der Waals surface area (Å²) in [5.41, 5.74) is 2.36. The van der Waals surface area contributed by atoms with E-state index in [4.69, 9.17) is 19.5 Å². The molecule has 0 saturated heterocycles. The molecule has 0 aliphatic heterocycles. The van der Waals surface area contributed by atoms with Gasteiger partial charge in [0.25, 0.3) is 0 Å². The van der Waals surface area contributed by atoms with Crippen LogP contribution in [0.1, 0.15) is 11.1 Å². The fraction of sp³-hybridized carbons (Fsp3) is 0.235. The van der Waals surface area contributed by atoms with Crippen LogP contribution in [0, 0.1) is 11.3 Å². The van der Waals surface area contributed by atoms with Gasteiger partial charge in [-0.3, -0.25) is 0 Å². The highest BCUT2D eigenvalue weighted by atomic mass is 16.5. The lowest BCUT2D eigenvalue weighted by molar-refractivity contribution is 0.324. The second-order valence-corrected chi connectivity index (χ2v) is 4.54. The summed E-state index contributed by atoms with van der Waals surface area (Å²) in [6, 6.07) is 13.3. The number of anilines is 1. The Bertz CT molecular complexity index is 668. The molecule has 114 valence electrons. The molecule has 22 heavy (non-hydrogen) atoms. The van der Waals surface area contributed by atoms with E-state index < -0.39 is 0 Å². The fourth-order valence-electron chi connectivity index (χ4n) is 2.17. The van der Waals surface area contributed by atoms with Crippen LogP contribution in [-0.2, 0) is 6.54 Å². The minimum atomic E-state index is 0.537. The Balaban J connectivity index is 2.25. The van der Waals surface area contributed by atoms with Gasteiger partial charge in [-0.15, -0.1) is 0 Å². The van der Waals surface area contributed by atoms with E-state index in [-0.39, 0.29) is 0 Å². The number of nitriles is 1. The Hall–Kier alpha value is -2.87. The van der Waals surface area contributed by atoms with E-state index in [1.165, 1.54) is 0 Å². The quantitative estimate of drug-likeness (QED) is 0.887. The van der Waals surface area contributed by atoms with Gasteiger partial charge in [0.1, 0.15) is 6.07 Å². The van der Waals surface area contributed by atoms with E-state index in [1.54, 1.807) is 27.4 Å². The van der Waals surface area contributed by atoms with Crippen molar-refractivity contribution in [3.8, 4) is 23.3 Å². The summed E-state index contributed by atoms with van der Waals surface area (Å²) in [6.07, 6.45) is 0. The van der Waals surface area contributed by atoms with E-state index in [0.29, 0.717) is 29.4 Å². The third-order valence-electron chi connectivity index (χ3n) is 3.25. The maximum atomic E-state index is 9.10. The maximum absolute atomic E-state index is 9.10. The van der Waals surface area contributed by atoms with Crippen LogP contribution < -0.4 is 19.5 Å². The Labute approximate surface area is 130 Å². The number of hydrogen-bond donors (Lipinski definition) is 1. The molecule has 1 N–H and O–H groups in total. The van der Waals surface area contributed by atoms with Crippen LogP contribution in [0.3, 0.4) is 0 Å². The molecule has 0 radical (unpaired) electrons. The van der Waals surface area contributed by atoms with E-state index in [2.05, 4.69) is 11.4 Å². The Morgan fingerprint density at radius 2 is 1.64 bits per heavy atom. The van der Waals surface area contributed by atoms with Crippen molar-refractivity contribution in [2.75, 3.05) is 26.6 Å². The van der Waals surface area contributed by atoms with Crippen molar-refractivity contribution in [2.45, 2.75) is 6.54 Å². The molecule has 5 nitrogen and oxygen atoms in total. The van der Waals surface area contributed by atoms with Crippen LogP contribution in [0.5, 0.6) is 17.2 Å². The third kappa shape index (κ3) is 3.23. The van der Waals surface area contributed by atoms with Crippen molar-refractivity contribution < 1.29 is 14.2 Å². The number of ether oxygens (including phenoxy) is 3. The molecule has 2 aromatic carbocycles. The standard InChI is InChI=1S/C17H18N2O3/c1-20-15-8-12(9-16(21-2)17(15)22-3)11-19-14-7-5-4-6-13(14)10-18/h4-9,19H,11H2,1-3H3. The van der Waals surface area contributed by atoms with Gasteiger partial charge in [0, 0.05) is 6.54 Å². The second-order valence-electron chi connectivity index (χ2n) is 4.54. The van der Waals surface area contributed by atoms with E-state index >= 15 is 0 Å². The summed E-state index contributed by atoms with van der Waals surface area (Å²) < 4.78 is 16.0. The van der Waals surface area contributed by atoms with E-state index in [0.717, 1.165) is 11.3 Å². The van der Waals surface area contributed by atoms with Gasteiger partial charge in [-0.25, -0.2) is 0 Å². The van der Waals surface area contributed by atoms with Crippen LogP contribution in [0.25, 0.3) is 0 Å². The largest absolute Gasteiger partial charge is 0.493 e. The van der Waals surface area contributed by atoms with Crippen LogP contribution in [0.15, 0.2) is 36.4 Å². The molecule has 0 aliphatic carbocycles. The first-order chi connectivity index (χ1) is 10.7. The molecule has 0 bridgehead atoms. The first-order valence-corrected chi connectivity index (χ1v) is 6.75. The summed E-state index contributed by atoms with van der Waals surface area (Å²) in [7, 11) is 4.74. The molecule has 0 amide bonds. The molecule has 0 spiro atoms. The highest BCUT2D eigenvalue weighted by Crippen LogP contribution is 2.38. The third-order valence-corrected chi connectivity index (χ3v) is 3.25. The average molecular weight is 298 g/mol. The molecular formula is C17H18N2O3. The summed E-state index contributed by atoms with van der Waals surface area (Å²) in [5.74, 6) is 1.77. The zero-order valence-electron chi connectivity index (χ0n) is 12.8. The van der Waals surface area contributed by atoms with Crippen molar-refractivity contribution in [2.24, 2.45) is 0 Å². The minimum Gasteiger partial charge on any atom is -0.493 e. The minimum absolute atomic E-state index is 0.537. The van der Waals surface area contributed by atoms with E-state index in [1.807, 2.05) is 30.3 Å². The first kappa shape index (κ1) is 15.5. The zero-order chi connectivity index (χ0) is 15.9. The summed E-state index contributed by atoms with van der Waals surface area (Å²) >= 11 is 0. The Morgan fingerprint density at radius 1 is 1.00 bits per heavy atom. The molecule has 0 aliphatic rings. The van der Waals surface area contributed by atoms with Crippen molar-refractivity contribution in [1.29, 1.82) is 5.26 Å². The molecule has 0 heterocycles. The predicted octanol–water partition coefficient (Wildman–Crippen LogP) is 3.20. The number of hydrogen-bond acceptors (Lipinski definition) is 5. The smallest absolute Gasteiger partial charge is 0.203 e. The molecule has 0 aromatic heterocycles. The number of nitrogens with zero attached hydrogens (tertiary/aromatic N) is 1. The average Bonchev–Trinajstić information content (AvgIpc) is 2.58. The lowest BCUT2D eigenvalue weighted by Crippen LogP contribution is -2.03. The first-order valence-electron chi connectivity index (χ1n) is 6.75. The Kier molecular flexibility index (Phi) is 5.10. The number of benzene rings is 2. The Morgan fingerprint density at radius 3 is 2.18 bits per heavy atom. The zero-order valence-corrected chi connectivity index (χ0v) is 12.8.